The number of hydrogen-bond acceptors (Lipinski definition) is 4. The number of carboxylic acids is 1. The molecular formula is C18H17O5S-. The van der Waals surface area contributed by atoms with Crippen LogP contribution in [0.4, 0.5) is 0 Å². The van der Waals surface area contributed by atoms with Gasteiger partial charge in [-0.25, -0.2) is 4.21 Å². The highest BCUT2D eigenvalue weighted by atomic mass is 32.2. The molecule has 0 radical (unpaired) electrons. The maximum Gasteiger partial charge on any atom is 0.303 e. The van der Waals surface area contributed by atoms with Gasteiger partial charge in [0.1, 0.15) is 6.10 Å². The lowest BCUT2D eigenvalue weighted by Crippen LogP contribution is -2.07. The maximum absolute atomic E-state index is 10.6. The minimum absolute atomic E-state index is 0.198. The highest BCUT2D eigenvalue weighted by Gasteiger charge is 2.18. The van der Waals surface area contributed by atoms with Gasteiger partial charge in [0.15, 0.2) is 0 Å². The number of carboxylic acid groups (broad SMARTS) is 1. The molecule has 126 valence electrons. The zero-order chi connectivity index (χ0) is 17.5. The van der Waals surface area contributed by atoms with E-state index in [0.717, 1.165) is 21.9 Å². The van der Waals surface area contributed by atoms with Crippen LogP contribution in [-0.4, -0.2) is 19.8 Å². The summed E-state index contributed by atoms with van der Waals surface area (Å²) in [5.41, 5.74) is 1.99. The zero-order valence-electron chi connectivity index (χ0n) is 12.9. The summed E-state index contributed by atoms with van der Waals surface area (Å²) >= 11 is -2.51. The molecule has 0 spiro atoms. The molecule has 3 rings (SSSR count). The van der Waals surface area contributed by atoms with Crippen molar-refractivity contribution in [3.63, 3.8) is 0 Å². The largest absolute Gasteiger partial charge is 0.750 e. The van der Waals surface area contributed by atoms with Crippen LogP contribution in [0, 0.1) is 0 Å². The molecular weight excluding hydrogens is 328 g/mol. The standard InChI is InChI=1S/C13H10O3S.C5H8O2/c14-17(15)16-12-8-7-10-4-1-3-9-5-2-6-11(12)13(9)10;1-2-3-4-5(6)7/h1-8,12H,(H,14,15);2H,1,3-4H2,(H,6,7)/p-1. The van der Waals surface area contributed by atoms with E-state index in [0.29, 0.717) is 6.42 Å². The van der Waals surface area contributed by atoms with Crippen LogP contribution in [0.2, 0.25) is 0 Å². The lowest BCUT2D eigenvalue weighted by Gasteiger charge is -2.21. The minimum atomic E-state index is -2.51. The van der Waals surface area contributed by atoms with E-state index in [9.17, 15) is 13.6 Å². The number of rotatable bonds is 5. The van der Waals surface area contributed by atoms with Crippen LogP contribution in [0.5, 0.6) is 0 Å². The van der Waals surface area contributed by atoms with Gasteiger partial charge in [-0.2, -0.15) is 0 Å². The average molecular weight is 345 g/mol. The highest BCUT2D eigenvalue weighted by Crippen LogP contribution is 2.35. The van der Waals surface area contributed by atoms with Crippen molar-refractivity contribution in [2.24, 2.45) is 0 Å². The quantitative estimate of drug-likeness (QED) is 0.658. The Hall–Kier alpha value is -2.28. The molecule has 2 aromatic carbocycles. The predicted octanol–water partition coefficient (Wildman–Crippen LogP) is 3.76. The Labute approximate surface area is 142 Å². The fourth-order valence-corrected chi connectivity index (χ4v) is 2.80. The summed E-state index contributed by atoms with van der Waals surface area (Å²) < 4.78 is 26.2. The third-order valence-corrected chi connectivity index (χ3v) is 3.84. The molecule has 24 heavy (non-hydrogen) atoms. The van der Waals surface area contributed by atoms with Crippen LogP contribution < -0.4 is 0 Å². The van der Waals surface area contributed by atoms with Crippen molar-refractivity contribution in [2.75, 3.05) is 0 Å². The van der Waals surface area contributed by atoms with Crippen LogP contribution in [0.1, 0.15) is 30.1 Å². The summed E-state index contributed by atoms with van der Waals surface area (Å²) in [7, 11) is 0. The first-order chi connectivity index (χ1) is 11.5. The molecule has 0 saturated heterocycles. The Kier molecular flexibility index (Phi) is 6.43. The summed E-state index contributed by atoms with van der Waals surface area (Å²) in [6.07, 6.45) is 5.49. The van der Waals surface area contributed by atoms with Gasteiger partial charge >= 0.3 is 5.97 Å². The van der Waals surface area contributed by atoms with Crippen LogP contribution in [-0.2, 0) is 20.3 Å². The molecule has 0 bridgehead atoms. The van der Waals surface area contributed by atoms with E-state index in [1.807, 2.05) is 42.5 Å². The Morgan fingerprint density at radius 3 is 2.62 bits per heavy atom. The van der Waals surface area contributed by atoms with Gasteiger partial charge in [-0.05, 0) is 34.4 Å². The van der Waals surface area contributed by atoms with Gasteiger partial charge in [0.05, 0.1) is 11.4 Å². The van der Waals surface area contributed by atoms with Crippen LogP contribution in [0.15, 0.2) is 55.1 Å². The lowest BCUT2D eigenvalue weighted by atomic mass is 9.92. The van der Waals surface area contributed by atoms with Gasteiger partial charge < -0.3 is 9.66 Å². The molecule has 1 N–H and O–H groups in total. The zero-order valence-corrected chi connectivity index (χ0v) is 13.7. The van der Waals surface area contributed by atoms with Gasteiger partial charge in [-0.15, -0.1) is 6.58 Å². The molecule has 1 aliphatic rings. The van der Waals surface area contributed by atoms with Crippen LogP contribution in [0.3, 0.4) is 0 Å². The topological polar surface area (TPSA) is 86.7 Å². The molecule has 6 heteroatoms. The molecule has 0 heterocycles. The minimum Gasteiger partial charge on any atom is -0.750 e. The smallest absolute Gasteiger partial charge is 0.303 e. The predicted molar refractivity (Wildman–Crippen MR) is 92.8 cm³/mol. The second-order valence-electron chi connectivity index (χ2n) is 5.09. The molecule has 0 saturated carbocycles. The van der Waals surface area contributed by atoms with Gasteiger partial charge in [-0.1, -0.05) is 48.6 Å². The second kappa shape index (κ2) is 8.54. The van der Waals surface area contributed by atoms with Crippen molar-refractivity contribution in [1.82, 2.24) is 0 Å². The Morgan fingerprint density at radius 1 is 1.33 bits per heavy atom. The summed E-state index contributed by atoms with van der Waals surface area (Å²) in [6.45, 7) is 3.37. The number of aliphatic carboxylic acids is 1. The monoisotopic (exact) mass is 345 g/mol. The van der Waals surface area contributed by atoms with E-state index in [2.05, 4.69) is 6.58 Å². The third kappa shape index (κ3) is 4.61. The number of carbonyl (C=O) groups is 1. The number of benzene rings is 2. The second-order valence-corrected chi connectivity index (χ2v) is 5.69. The molecule has 2 unspecified atom stereocenters. The van der Waals surface area contributed by atoms with E-state index in [1.54, 1.807) is 12.2 Å². The van der Waals surface area contributed by atoms with Crippen molar-refractivity contribution in [3.8, 4) is 0 Å². The van der Waals surface area contributed by atoms with Gasteiger partial charge in [0, 0.05) is 6.42 Å². The normalized spacial score (nSPS) is 16.1. The number of allylic oxidation sites excluding steroid dienone is 1. The summed E-state index contributed by atoms with van der Waals surface area (Å²) in [4.78, 5) is 9.71. The first-order valence-corrected chi connectivity index (χ1v) is 8.32. The third-order valence-electron chi connectivity index (χ3n) is 3.47. The maximum atomic E-state index is 10.6. The van der Waals surface area contributed by atoms with E-state index in [-0.39, 0.29) is 6.42 Å². The Bertz CT molecular complexity index is 792. The molecule has 0 amide bonds. The van der Waals surface area contributed by atoms with Crippen molar-refractivity contribution in [1.29, 1.82) is 0 Å². The summed E-state index contributed by atoms with van der Waals surface area (Å²) in [5.74, 6) is -0.764. The van der Waals surface area contributed by atoms with Crippen LogP contribution in [0.25, 0.3) is 16.8 Å². The molecule has 5 nitrogen and oxygen atoms in total. The first-order valence-electron chi connectivity index (χ1n) is 7.32. The van der Waals surface area contributed by atoms with Gasteiger partial charge in [-0.3, -0.25) is 8.98 Å². The molecule has 0 fully saturated rings. The van der Waals surface area contributed by atoms with E-state index in [1.165, 1.54) is 0 Å². The van der Waals surface area contributed by atoms with Crippen molar-refractivity contribution >= 4 is 34.2 Å². The Balaban J connectivity index is 0.000000256. The lowest BCUT2D eigenvalue weighted by molar-refractivity contribution is -0.136. The van der Waals surface area contributed by atoms with E-state index in [4.69, 9.17) is 9.29 Å². The SMILES string of the molecule is C=CCCC(=O)O.O=S([O-])OC1C=Cc2cccc3cccc1c23. The molecule has 0 aliphatic heterocycles. The first kappa shape index (κ1) is 18.1. The fraction of sp³-hybridized carbons (Fsp3) is 0.167. The van der Waals surface area contributed by atoms with E-state index < -0.39 is 23.4 Å². The molecule has 2 atom stereocenters. The van der Waals surface area contributed by atoms with Gasteiger partial charge in [0.25, 0.3) is 0 Å². The molecule has 1 aliphatic carbocycles. The molecule has 0 aromatic heterocycles. The fourth-order valence-electron chi connectivity index (χ4n) is 2.46. The summed E-state index contributed by atoms with van der Waals surface area (Å²) in [5, 5.41) is 10.2. The molecule has 2 aromatic rings. The number of hydrogen-bond donors (Lipinski definition) is 1. The van der Waals surface area contributed by atoms with Crippen molar-refractivity contribution in [3.05, 3.63) is 66.3 Å². The van der Waals surface area contributed by atoms with Crippen LogP contribution >= 0.6 is 0 Å². The average Bonchev–Trinajstić information content (AvgIpc) is 2.56. The van der Waals surface area contributed by atoms with Crippen molar-refractivity contribution in [2.45, 2.75) is 18.9 Å². The van der Waals surface area contributed by atoms with Crippen molar-refractivity contribution < 1.29 is 22.8 Å². The van der Waals surface area contributed by atoms with Gasteiger partial charge in [0.2, 0.25) is 0 Å². The van der Waals surface area contributed by atoms with E-state index >= 15 is 0 Å². The Morgan fingerprint density at radius 2 is 2.04 bits per heavy atom. The highest BCUT2D eigenvalue weighted by molar-refractivity contribution is 7.74. The summed E-state index contributed by atoms with van der Waals surface area (Å²) in [6, 6.07) is 11.8.